The minimum absolute atomic E-state index is 0.334. The zero-order valence-electron chi connectivity index (χ0n) is 18.2. The Morgan fingerprint density at radius 1 is 0.560 bits per heavy atom. The number of aliphatic hydroxyl groups excluding tert-OH is 1. The molecule has 0 bridgehead atoms. The normalized spacial score (nSPS) is 12.7. The van der Waals surface area contributed by atoms with Gasteiger partial charge in [-0.05, 0) is 49.4 Å². The Labute approximate surface area is 159 Å². The number of rotatable bonds is 18. The van der Waals surface area contributed by atoms with E-state index in [-0.39, 0.29) is 0 Å². The van der Waals surface area contributed by atoms with Gasteiger partial charge in [0.1, 0.15) is 0 Å². The van der Waals surface area contributed by atoms with Crippen LogP contribution in [0.2, 0.25) is 0 Å². The summed E-state index contributed by atoms with van der Waals surface area (Å²) in [6, 6.07) is 0. The number of unbranched alkanes of at least 4 members (excludes halogenated alkanes) is 2. The van der Waals surface area contributed by atoms with Crippen molar-refractivity contribution >= 4 is 0 Å². The van der Waals surface area contributed by atoms with Gasteiger partial charge in [-0.15, -0.1) is 0 Å². The Morgan fingerprint density at radius 3 is 1.36 bits per heavy atom. The van der Waals surface area contributed by atoms with Crippen LogP contribution in [0.15, 0.2) is 0 Å². The van der Waals surface area contributed by atoms with E-state index >= 15 is 0 Å². The van der Waals surface area contributed by atoms with Crippen LogP contribution >= 0.6 is 0 Å². The number of hydrogen-bond donors (Lipinski definition) is 1. The highest BCUT2D eigenvalue weighted by Gasteiger charge is 2.25. The molecule has 0 spiro atoms. The molecular formula is C23H48O2. The van der Waals surface area contributed by atoms with Crippen molar-refractivity contribution in [2.24, 2.45) is 10.8 Å². The van der Waals surface area contributed by atoms with Crippen LogP contribution in [-0.2, 0) is 4.74 Å². The highest BCUT2D eigenvalue weighted by Crippen LogP contribution is 2.37. The average Bonchev–Trinajstić information content (AvgIpc) is 2.67. The third-order valence-corrected chi connectivity index (χ3v) is 7.11. The highest BCUT2D eigenvalue weighted by atomic mass is 16.5. The standard InChI is InChI=1S/C23H48O2/c1-6-22(7-2,8-3)16-11-13-20-25-21-14-12-17-23(9-4,10-5)18-15-19-24/h24H,6-21H2,1-5H3. The molecule has 0 fully saturated rings. The molecule has 0 saturated heterocycles. The predicted molar refractivity (Wildman–Crippen MR) is 111 cm³/mol. The van der Waals surface area contributed by atoms with Crippen molar-refractivity contribution in [3.8, 4) is 0 Å². The first-order chi connectivity index (χ1) is 12.1. The second-order valence-corrected chi connectivity index (χ2v) is 8.12. The molecule has 2 nitrogen and oxygen atoms in total. The molecule has 0 aromatic heterocycles. The molecule has 0 aliphatic rings. The molecule has 0 aliphatic heterocycles. The van der Waals surface area contributed by atoms with Crippen LogP contribution in [0.5, 0.6) is 0 Å². The largest absolute Gasteiger partial charge is 0.396 e. The summed E-state index contributed by atoms with van der Waals surface area (Å²) in [5, 5.41) is 9.11. The maximum atomic E-state index is 9.11. The summed E-state index contributed by atoms with van der Waals surface area (Å²) in [6.07, 6.45) is 16.2. The van der Waals surface area contributed by atoms with Crippen LogP contribution in [-0.4, -0.2) is 24.9 Å². The fourth-order valence-electron chi connectivity index (χ4n) is 4.33. The SMILES string of the molecule is CCC(CC)(CC)CCCCOCCCCC(CC)(CC)CCCO. The molecule has 0 aromatic rings. The van der Waals surface area contributed by atoms with E-state index in [4.69, 9.17) is 9.84 Å². The lowest BCUT2D eigenvalue weighted by atomic mass is 9.74. The van der Waals surface area contributed by atoms with Crippen molar-refractivity contribution in [1.29, 1.82) is 0 Å². The minimum atomic E-state index is 0.334. The summed E-state index contributed by atoms with van der Waals surface area (Å²) in [7, 11) is 0. The second-order valence-electron chi connectivity index (χ2n) is 8.12. The highest BCUT2D eigenvalue weighted by molar-refractivity contribution is 4.76. The zero-order valence-corrected chi connectivity index (χ0v) is 18.2. The molecule has 0 aromatic carbocycles. The summed E-state index contributed by atoms with van der Waals surface area (Å²) in [6.45, 7) is 13.8. The van der Waals surface area contributed by atoms with Crippen molar-refractivity contribution in [2.75, 3.05) is 19.8 Å². The Morgan fingerprint density at radius 2 is 0.960 bits per heavy atom. The lowest BCUT2D eigenvalue weighted by Crippen LogP contribution is -2.19. The van der Waals surface area contributed by atoms with Crippen molar-refractivity contribution in [2.45, 2.75) is 118 Å². The van der Waals surface area contributed by atoms with Crippen molar-refractivity contribution in [1.82, 2.24) is 0 Å². The summed E-state index contributed by atoms with van der Waals surface area (Å²) in [5.41, 5.74) is 1.03. The van der Waals surface area contributed by atoms with Gasteiger partial charge in [-0.3, -0.25) is 0 Å². The molecule has 0 unspecified atom stereocenters. The minimum Gasteiger partial charge on any atom is -0.396 e. The van der Waals surface area contributed by atoms with Crippen LogP contribution in [0.1, 0.15) is 118 Å². The fraction of sp³-hybridized carbons (Fsp3) is 1.00. The van der Waals surface area contributed by atoms with E-state index in [2.05, 4.69) is 34.6 Å². The summed E-state index contributed by atoms with van der Waals surface area (Å²) in [4.78, 5) is 0. The Kier molecular flexibility index (Phi) is 15.0. The van der Waals surface area contributed by atoms with Crippen LogP contribution in [0.4, 0.5) is 0 Å². The van der Waals surface area contributed by atoms with Gasteiger partial charge in [-0.1, -0.05) is 79.6 Å². The Balaban J connectivity index is 3.75. The first kappa shape index (κ1) is 24.9. The van der Waals surface area contributed by atoms with E-state index in [1.807, 2.05) is 0 Å². The van der Waals surface area contributed by atoms with E-state index < -0.39 is 0 Å². The van der Waals surface area contributed by atoms with E-state index in [9.17, 15) is 0 Å². The first-order valence-electron chi connectivity index (χ1n) is 11.3. The van der Waals surface area contributed by atoms with Gasteiger partial charge in [0, 0.05) is 19.8 Å². The lowest BCUT2D eigenvalue weighted by molar-refractivity contribution is 0.113. The van der Waals surface area contributed by atoms with Crippen molar-refractivity contribution < 1.29 is 9.84 Å². The van der Waals surface area contributed by atoms with Crippen LogP contribution in [0.25, 0.3) is 0 Å². The van der Waals surface area contributed by atoms with Crippen molar-refractivity contribution in [3.63, 3.8) is 0 Å². The molecule has 152 valence electrons. The molecule has 0 aliphatic carbocycles. The fourth-order valence-corrected chi connectivity index (χ4v) is 4.33. The topological polar surface area (TPSA) is 29.5 Å². The molecule has 0 amide bonds. The van der Waals surface area contributed by atoms with Gasteiger partial charge in [-0.2, -0.15) is 0 Å². The number of aliphatic hydroxyl groups is 1. The smallest absolute Gasteiger partial charge is 0.0466 e. The summed E-state index contributed by atoms with van der Waals surface area (Å²) < 4.78 is 5.87. The summed E-state index contributed by atoms with van der Waals surface area (Å²) in [5.74, 6) is 0. The van der Waals surface area contributed by atoms with Gasteiger partial charge < -0.3 is 9.84 Å². The van der Waals surface area contributed by atoms with Gasteiger partial charge in [0.05, 0.1) is 0 Å². The maximum Gasteiger partial charge on any atom is 0.0466 e. The van der Waals surface area contributed by atoms with Gasteiger partial charge >= 0.3 is 0 Å². The number of hydrogen-bond acceptors (Lipinski definition) is 2. The third-order valence-electron chi connectivity index (χ3n) is 7.11. The lowest BCUT2D eigenvalue weighted by Gasteiger charge is -2.32. The molecule has 25 heavy (non-hydrogen) atoms. The van der Waals surface area contributed by atoms with Crippen molar-refractivity contribution in [3.05, 3.63) is 0 Å². The number of ether oxygens (including phenoxy) is 1. The molecule has 0 heterocycles. The molecule has 0 rings (SSSR count). The maximum absolute atomic E-state index is 9.11. The molecule has 2 heteroatoms. The molecule has 0 saturated carbocycles. The predicted octanol–water partition coefficient (Wildman–Crippen LogP) is 7.14. The molecule has 0 radical (unpaired) electrons. The van der Waals surface area contributed by atoms with Crippen LogP contribution < -0.4 is 0 Å². The molecule has 1 N–H and O–H groups in total. The van der Waals surface area contributed by atoms with Gasteiger partial charge in [0.15, 0.2) is 0 Å². The third kappa shape index (κ3) is 9.99. The monoisotopic (exact) mass is 356 g/mol. The van der Waals surface area contributed by atoms with Gasteiger partial charge in [-0.25, -0.2) is 0 Å². The van der Waals surface area contributed by atoms with Crippen LogP contribution in [0, 0.1) is 10.8 Å². The summed E-state index contributed by atoms with van der Waals surface area (Å²) >= 11 is 0. The van der Waals surface area contributed by atoms with E-state index in [0.29, 0.717) is 17.4 Å². The van der Waals surface area contributed by atoms with E-state index in [1.54, 1.807) is 0 Å². The average molecular weight is 357 g/mol. The quantitative estimate of drug-likeness (QED) is 0.264. The van der Waals surface area contributed by atoms with E-state index in [1.165, 1.54) is 77.0 Å². The Bertz CT molecular complexity index is 272. The molecule has 0 atom stereocenters. The van der Waals surface area contributed by atoms with Crippen LogP contribution in [0.3, 0.4) is 0 Å². The van der Waals surface area contributed by atoms with Gasteiger partial charge in [0.25, 0.3) is 0 Å². The molecular weight excluding hydrogens is 308 g/mol. The first-order valence-corrected chi connectivity index (χ1v) is 11.3. The van der Waals surface area contributed by atoms with Gasteiger partial charge in [0.2, 0.25) is 0 Å². The van der Waals surface area contributed by atoms with E-state index in [0.717, 1.165) is 19.6 Å². The zero-order chi connectivity index (χ0) is 19.0. The second kappa shape index (κ2) is 15.0. The Hall–Kier alpha value is -0.0800.